The summed E-state index contributed by atoms with van der Waals surface area (Å²) in [7, 11) is 1.59. The Hall–Kier alpha value is -4.04. The number of nitrogens with one attached hydrogen (secondary N) is 3. The molecule has 5 rings (SSSR count). The minimum absolute atomic E-state index is 0. The Labute approximate surface area is 425 Å². The Morgan fingerprint density at radius 2 is 1.17 bits per heavy atom. The van der Waals surface area contributed by atoms with Crippen molar-refractivity contribution in [3.05, 3.63) is 82.0 Å². The smallest absolute Gasteiger partial charge is 0.679 e. The van der Waals surface area contributed by atoms with Crippen LogP contribution in [0.15, 0.2) is 36.7 Å². The number of nitrogens with zero attached hydrogens (tertiary/aromatic N) is 5. The summed E-state index contributed by atoms with van der Waals surface area (Å²) in [5.74, 6) is -3.47. The number of benzene rings is 1. The maximum absolute atomic E-state index is 13.1. The molecule has 3 atom stereocenters. The summed E-state index contributed by atoms with van der Waals surface area (Å²) in [6.07, 6.45) is 1.17. The number of hydrogen-bond acceptors (Lipinski definition) is 12. The van der Waals surface area contributed by atoms with Crippen LogP contribution in [0.3, 0.4) is 0 Å². The number of aromatic nitrogens is 5. The first-order chi connectivity index (χ1) is 29.9. The molecule has 2 aliphatic rings. The van der Waals surface area contributed by atoms with Gasteiger partial charge in [0.25, 0.3) is 5.91 Å². The number of carboxylic acids is 2. The van der Waals surface area contributed by atoms with E-state index < -0.39 is 36.4 Å². The van der Waals surface area contributed by atoms with Crippen molar-refractivity contribution < 1.29 is 109 Å². The van der Waals surface area contributed by atoms with Crippen LogP contribution in [0, 0.1) is 53.8 Å². The van der Waals surface area contributed by atoms with Crippen molar-refractivity contribution in [2.75, 3.05) is 53.3 Å². The van der Waals surface area contributed by atoms with Gasteiger partial charge in [0.1, 0.15) is 12.6 Å². The van der Waals surface area contributed by atoms with Gasteiger partial charge < -0.3 is 55.7 Å². The van der Waals surface area contributed by atoms with Crippen LogP contribution in [0.2, 0.25) is 0 Å². The molecule has 0 fully saturated rings. The molecule has 356 valence electrons. The maximum Gasteiger partial charge on any atom is 2.00 e. The number of rotatable bonds is 18. The van der Waals surface area contributed by atoms with Gasteiger partial charge >= 0.3 is 33.0 Å². The van der Waals surface area contributed by atoms with Gasteiger partial charge in [-0.15, -0.1) is 11.0 Å². The molecule has 1 amide bonds. The monoisotopic (exact) mass is 1220 g/mol. The first kappa shape index (κ1) is 57.1. The normalized spacial score (nSPS) is 13.3. The van der Waals surface area contributed by atoms with Crippen LogP contribution in [0.1, 0.15) is 81.9 Å². The second-order valence-electron chi connectivity index (χ2n) is 14.9. The molecule has 4 heterocycles. The van der Waals surface area contributed by atoms with E-state index in [1.807, 2.05) is 53.7 Å². The average molecular weight is 1220 g/mol. The molecule has 2 aromatic heterocycles. The number of aryl methyl sites for hydroxylation is 2. The molecule has 5 N–H and O–H groups in total. The van der Waals surface area contributed by atoms with E-state index in [1.54, 1.807) is 38.6 Å². The number of aliphatic carboxylic acids is 2. The molecule has 2 aliphatic heterocycles. The Morgan fingerprint density at radius 3 is 1.62 bits per heavy atom. The van der Waals surface area contributed by atoms with E-state index in [-0.39, 0.29) is 98.3 Å². The topological polar surface area (TPSA) is 263 Å². The third-order valence-corrected chi connectivity index (χ3v) is 10.2. The average Bonchev–Trinajstić information content (AvgIpc) is 3.78. The van der Waals surface area contributed by atoms with E-state index in [1.165, 1.54) is 6.92 Å². The summed E-state index contributed by atoms with van der Waals surface area (Å²) in [6, 6.07) is 5.26. The minimum atomic E-state index is -1.67. The van der Waals surface area contributed by atoms with E-state index >= 15 is 0 Å². The molecular weight excluding hydrogens is 1160 g/mol. The predicted molar refractivity (Wildman–Crippen MR) is 240 cm³/mol. The third kappa shape index (κ3) is 16.4. The van der Waals surface area contributed by atoms with Crippen molar-refractivity contribution in [3.8, 4) is 11.5 Å². The van der Waals surface area contributed by atoms with Gasteiger partial charge in [-0.2, -0.15) is 12.6 Å². The van der Waals surface area contributed by atoms with Crippen LogP contribution in [-0.2, 0) is 49.7 Å². The third-order valence-electron chi connectivity index (χ3n) is 10.2. The SMILES string of the molecule is CC([NH-])C[NH-].COCCOCCOCCOc1cc2ncc3nc(cc4[n-]c(cc5nc(cnc2cc1OC(C)C(=O)NC(CC(=O)O)C(=O)O)C(C)=C5C)c(C)c4C)C(C)=C3C.[Gd].[Pt+2]. The van der Waals surface area contributed by atoms with Gasteiger partial charge in [-0.3, -0.25) is 19.6 Å². The molecule has 3 aromatic rings. The molecule has 0 saturated carbocycles. The molecule has 0 spiro atoms. The molecule has 65 heavy (non-hydrogen) atoms. The summed E-state index contributed by atoms with van der Waals surface area (Å²) >= 11 is 0. The number of allylic oxidation sites excluding steroid dienone is 4. The number of methoxy groups -OCH3 is 1. The molecule has 0 saturated heterocycles. The van der Waals surface area contributed by atoms with Crippen molar-refractivity contribution in [1.29, 1.82) is 0 Å². The van der Waals surface area contributed by atoms with Crippen molar-refractivity contribution in [2.24, 2.45) is 0 Å². The first-order valence-electron chi connectivity index (χ1n) is 20.4. The molecule has 3 unspecified atom stereocenters. The fourth-order valence-corrected chi connectivity index (χ4v) is 5.91. The fourth-order valence-electron chi connectivity index (χ4n) is 5.91. The van der Waals surface area contributed by atoms with E-state index in [4.69, 9.17) is 65.2 Å². The second-order valence-corrected chi connectivity index (χ2v) is 14.9. The number of amides is 1. The second kappa shape index (κ2) is 27.6. The Bertz CT molecular complexity index is 2430. The van der Waals surface area contributed by atoms with Crippen LogP contribution in [0.4, 0.5) is 0 Å². The van der Waals surface area contributed by atoms with Gasteiger partial charge in [0.15, 0.2) is 17.6 Å². The zero-order valence-corrected chi connectivity index (χ0v) is 42.5. The van der Waals surface area contributed by atoms with Crippen LogP contribution in [0.25, 0.3) is 55.8 Å². The molecule has 0 radical (unpaired) electrons. The summed E-state index contributed by atoms with van der Waals surface area (Å²) in [5, 5.41) is 20.9. The quantitative estimate of drug-likeness (QED) is 0.110. The number of hydrogen-bond donors (Lipinski definition) is 3. The summed E-state index contributed by atoms with van der Waals surface area (Å²) in [5.41, 5.74) is 24.2. The summed E-state index contributed by atoms with van der Waals surface area (Å²) in [6.45, 7) is 17.2. The minimum Gasteiger partial charge on any atom is -0.679 e. The van der Waals surface area contributed by atoms with E-state index in [0.717, 1.165) is 55.8 Å². The number of carbonyl (C=O) groups is 3. The van der Waals surface area contributed by atoms with Gasteiger partial charge in [-0.25, -0.2) is 14.8 Å². The van der Waals surface area contributed by atoms with Gasteiger partial charge in [-0.05, 0) is 70.8 Å². The Kier molecular flexibility index (Phi) is 24.2. The Balaban J connectivity index is 0.00000196. The first-order valence-corrected chi connectivity index (χ1v) is 20.4. The van der Waals surface area contributed by atoms with Gasteiger partial charge in [0, 0.05) is 59.2 Å². The van der Waals surface area contributed by atoms with Crippen LogP contribution < -0.4 is 19.8 Å². The van der Waals surface area contributed by atoms with Crippen molar-refractivity contribution in [2.45, 2.75) is 80.0 Å². The van der Waals surface area contributed by atoms with Crippen LogP contribution >= 0.6 is 0 Å². The van der Waals surface area contributed by atoms with E-state index in [0.29, 0.717) is 48.8 Å². The molecule has 1 aromatic carbocycles. The molecule has 0 aliphatic carbocycles. The van der Waals surface area contributed by atoms with Gasteiger partial charge in [0.2, 0.25) is 0 Å². The number of carbonyl (C=O) groups excluding carboxylic acids is 1. The van der Waals surface area contributed by atoms with Crippen LogP contribution in [-0.4, -0.2) is 119 Å². The van der Waals surface area contributed by atoms with Crippen LogP contribution in [0.5, 0.6) is 11.5 Å². The molecule has 18 nitrogen and oxygen atoms in total. The zero-order chi connectivity index (χ0) is 46.4. The number of carboxylic acid groups (broad SMARTS) is 2. The standard InChI is InChI=1S/C42H50N6O10.C3H8N2.Gd.Pt/c1-22-23(2)30-16-32-25(4)27(6)37(47-32)21-44-34-18-39(58-28(7)41(51)48-35(42(52)53)19-40(49)50)38(57-14-13-56-12-11-55-10-9-54-8)17-33(34)43-20-36-26(5)24(3)31(46-36)15-29(22)45-30;1-3(5)2-4;;/h15-18,20-21,28,35H,9-14,19H2,1-8H3,(H4,43,44,45,46,47,48,49,50,51,52,53);3-5H,2H2,1H3;;/q;-2;;+2/p-1. The Morgan fingerprint density at radius 1 is 0.723 bits per heavy atom. The number of fused-ring (bicyclic) bond motifs is 7. The summed E-state index contributed by atoms with van der Waals surface area (Å²) in [4.78, 5) is 60.5. The predicted octanol–water partition coefficient (Wildman–Crippen LogP) is 6.83. The van der Waals surface area contributed by atoms with Gasteiger partial charge in [-0.1, -0.05) is 30.2 Å². The van der Waals surface area contributed by atoms with E-state index in [9.17, 15) is 19.5 Å². The van der Waals surface area contributed by atoms with Crippen molar-refractivity contribution in [3.63, 3.8) is 0 Å². The zero-order valence-electron chi connectivity index (χ0n) is 37.9. The molecule has 20 heteroatoms. The molecular formula is C45H57GdN8O10Pt-. The van der Waals surface area contributed by atoms with Crippen molar-refractivity contribution in [1.82, 2.24) is 30.2 Å². The molecule has 6 bridgehead atoms. The van der Waals surface area contributed by atoms with Gasteiger partial charge in [0.05, 0.1) is 85.7 Å². The van der Waals surface area contributed by atoms with Crippen molar-refractivity contribution >= 4 is 62.2 Å². The number of ether oxygens (including phenoxy) is 5. The maximum atomic E-state index is 13.1. The fraction of sp³-hybridized carbons (Fsp3) is 0.444. The van der Waals surface area contributed by atoms with E-state index in [2.05, 4.69) is 5.32 Å². The summed E-state index contributed by atoms with van der Waals surface area (Å²) < 4.78 is 28.3. The largest absolute Gasteiger partial charge is 2.00 e.